The highest BCUT2D eigenvalue weighted by molar-refractivity contribution is 4.57. The molecule has 0 radical (unpaired) electrons. The van der Waals surface area contributed by atoms with Crippen molar-refractivity contribution in [3.8, 4) is 0 Å². The molecule has 0 rings (SSSR count). The van der Waals surface area contributed by atoms with Crippen LogP contribution in [-0.2, 0) is 4.74 Å². The zero-order valence-corrected chi connectivity index (χ0v) is 23.7. The first-order valence-corrected chi connectivity index (χ1v) is 15.6. The molecule has 200 valence electrons. The number of hydrogen-bond acceptors (Lipinski definition) is 2. The van der Waals surface area contributed by atoms with E-state index in [1.807, 2.05) is 0 Å². The van der Waals surface area contributed by atoms with E-state index in [0.717, 1.165) is 13.3 Å². The predicted molar refractivity (Wildman–Crippen MR) is 150 cm³/mol. The van der Waals surface area contributed by atoms with Gasteiger partial charge in [0, 0.05) is 19.7 Å². The van der Waals surface area contributed by atoms with Gasteiger partial charge in [-0.15, -0.1) is 0 Å². The highest BCUT2D eigenvalue weighted by atomic mass is 16.5. The first-order valence-electron chi connectivity index (χ1n) is 15.6. The normalized spacial score (nSPS) is 11.6. The first kappa shape index (κ1) is 32.9. The Kier molecular flexibility index (Phi) is 29.9. The van der Waals surface area contributed by atoms with Gasteiger partial charge >= 0.3 is 0 Å². The van der Waals surface area contributed by atoms with Gasteiger partial charge in [0.05, 0.1) is 6.73 Å². The summed E-state index contributed by atoms with van der Waals surface area (Å²) in [4.78, 5) is 2.61. The van der Waals surface area contributed by atoms with Crippen LogP contribution in [0.1, 0.15) is 175 Å². The lowest BCUT2D eigenvalue weighted by Crippen LogP contribution is -2.29. The van der Waals surface area contributed by atoms with Gasteiger partial charge < -0.3 is 4.74 Å². The van der Waals surface area contributed by atoms with Gasteiger partial charge in [0.25, 0.3) is 0 Å². The fraction of sp³-hybridized carbons (Fsp3) is 1.00. The van der Waals surface area contributed by atoms with Gasteiger partial charge in [-0.25, -0.2) is 0 Å². The molecule has 2 nitrogen and oxygen atoms in total. The Hall–Kier alpha value is -0.0800. The van der Waals surface area contributed by atoms with E-state index in [2.05, 4.69) is 25.7 Å². The Morgan fingerprint density at radius 2 is 0.667 bits per heavy atom. The second-order valence-corrected chi connectivity index (χ2v) is 10.6. The summed E-state index contributed by atoms with van der Waals surface area (Å²) in [7, 11) is 0. The minimum absolute atomic E-state index is 0.865. The van der Waals surface area contributed by atoms with Crippen LogP contribution in [-0.4, -0.2) is 31.3 Å². The van der Waals surface area contributed by atoms with Crippen LogP contribution in [0.15, 0.2) is 0 Å². The van der Waals surface area contributed by atoms with Gasteiger partial charge in [-0.1, -0.05) is 156 Å². The van der Waals surface area contributed by atoms with Crippen LogP contribution in [0.5, 0.6) is 0 Å². The maximum Gasteiger partial charge on any atom is 0.0990 e. The van der Waals surface area contributed by atoms with Gasteiger partial charge in [-0.05, 0) is 19.3 Å². The summed E-state index contributed by atoms with van der Waals surface area (Å²) in [6.45, 7) is 11.2. The topological polar surface area (TPSA) is 12.5 Å². The molecule has 0 aromatic carbocycles. The molecule has 0 aliphatic rings. The Bertz CT molecular complexity index is 313. The van der Waals surface area contributed by atoms with E-state index in [-0.39, 0.29) is 0 Å². The van der Waals surface area contributed by atoms with Gasteiger partial charge in [-0.3, -0.25) is 4.90 Å². The van der Waals surface area contributed by atoms with Crippen LogP contribution in [0.4, 0.5) is 0 Å². The van der Waals surface area contributed by atoms with Crippen LogP contribution in [0.3, 0.4) is 0 Å². The molecule has 0 aromatic rings. The van der Waals surface area contributed by atoms with E-state index in [4.69, 9.17) is 4.74 Å². The van der Waals surface area contributed by atoms with Crippen molar-refractivity contribution in [1.82, 2.24) is 4.90 Å². The molecule has 0 saturated heterocycles. The molecule has 0 N–H and O–H groups in total. The first-order chi connectivity index (χ1) is 16.3. The molecular weight excluding hydrogens is 402 g/mol. The van der Waals surface area contributed by atoms with Crippen LogP contribution in [0.25, 0.3) is 0 Å². The summed E-state index contributed by atoms with van der Waals surface area (Å²) in [6, 6.07) is 0. The van der Waals surface area contributed by atoms with E-state index in [9.17, 15) is 0 Å². The van der Waals surface area contributed by atoms with Gasteiger partial charge in [-0.2, -0.15) is 0 Å². The van der Waals surface area contributed by atoms with Crippen LogP contribution in [0.2, 0.25) is 0 Å². The average molecular weight is 468 g/mol. The molecule has 0 aliphatic carbocycles. The predicted octanol–water partition coefficient (Wildman–Crippen LogP) is 10.7. The third-order valence-electron chi connectivity index (χ3n) is 7.07. The molecular formula is C31H65NO. The molecule has 0 saturated carbocycles. The largest absolute Gasteiger partial charge is 0.366 e. The van der Waals surface area contributed by atoms with Crippen molar-refractivity contribution < 1.29 is 4.74 Å². The Labute approximate surface area is 211 Å². The minimum Gasteiger partial charge on any atom is -0.366 e. The summed E-state index contributed by atoms with van der Waals surface area (Å²) in [5.41, 5.74) is 0. The number of unbranched alkanes of at least 4 members (excludes halogenated alkanes) is 21. The van der Waals surface area contributed by atoms with Crippen molar-refractivity contribution in [2.45, 2.75) is 175 Å². The smallest absolute Gasteiger partial charge is 0.0990 e. The molecule has 0 amide bonds. The molecule has 33 heavy (non-hydrogen) atoms. The fourth-order valence-corrected chi connectivity index (χ4v) is 4.71. The summed E-state index contributed by atoms with van der Waals surface area (Å²) >= 11 is 0. The third-order valence-corrected chi connectivity index (χ3v) is 7.07. The average Bonchev–Trinajstić information content (AvgIpc) is 2.83. The fourth-order valence-electron chi connectivity index (χ4n) is 4.71. The Balaban J connectivity index is 3.83. The molecule has 0 atom stereocenters. The monoisotopic (exact) mass is 468 g/mol. The number of ether oxygens (including phenoxy) is 1. The second kappa shape index (κ2) is 30.0. The highest BCUT2D eigenvalue weighted by Gasteiger charge is 2.05. The standard InChI is InChI=1S/C31H65NO/c1-4-7-10-13-16-19-22-25-28-32(29-26-23-20-17-14-11-8-5-2)31-33-30-27-24-21-18-15-12-9-6-3/h4-31H2,1-3H3. The Morgan fingerprint density at radius 1 is 0.364 bits per heavy atom. The van der Waals surface area contributed by atoms with Crippen molar-refractivity contribution in [2.75, 3.05) is 26.4 Å². The van der Waals surface area contributed by atoms with Crippen molar-refractivity contribution in [3.63, 3.8) is 0 Å². The number of rotatable bonds is 29. The van der Waals surface area contributed by atoms with Crippen molar-refractivity contribution in [2.24, 2.45) is 0 Å². The summed E-state index contributed by atoms with van der Waals surface area (Å²) in [6.07, 6.45) is 33.6. The molecule has 0 aromatic heterocycles. The molecule has 0 aliphatic heterocycles. The summed E-state index contributed by atoms with van der Waals surface area (Å²) < 4.78 is 6.11. The molecule has 0 unspecified atom stereocenters. The molecule has 0 fully saturated rings. The number of hydrogen-bond donors (Lipinski definition) is 0. The molecule has 2 heteroatoms. The van der Waals surface area contributed by atoms with Gasteiger partial charge in [0.1, 0.15) is 0 Å². The molecule has 0 bridgehead atoms. The Morgan fingerprint density at radius 3 is 1.03 bits per heavy atom. The molecule has 0 spiro atoms. The van der Waals surface area contributed by atoms with Crippen molar-refractivity contribution in [3.05, 3.63) is 0 Å². The minimum atomic E-state index is 0.865. The van der Waals surface area contributed by atoms with E-state index < -0.39 is 0 Å². The highest BCUT2D eigenvalue weighted by Crippen LogP contribution is 2.12. The van der Waals surface area contributed by atoms with E-state index in [1.54, 1.807) is 0 Å². The van der Waals surface area contributed by atoms with Crippen LogP contribution in [0, 0.1) is 0 Å². The zero-order chi connectivity index (χ0) is 24.1. The van der Waals surface area contributed by atoms with Crippen molar-refractivity contribution >= 4 is 0 Å². The van der Waals surface area contributed by atoms with Crippen molar-refractivity contribution in [1.29, 1.82) is 0 Å². The lowest BCUT2D eigenvalue weighted by molar-refractivity contribution is 0.0247. The van der Waals surface area contributed by atoms with Crippen LogP contribution >= 0.6 is 0 Å². The van der Waals surface area contributed by atoms with Crippen LogP contribution < -0.4 is 0 Å². The quantitative estimate of drug-likeness (QED) is 0.0800. The lowest BCUT2D eigenvalue weighted by Gasteiger charge is -2.22. The van der Waals surface area contributed by atoms with E-state index in [0.29, 0.717) is 0 Å². The summed E-state index contributed by atoms with van der Waals surface area (Å²) in [5.74, 6) is 0. The van der Waals surface area contributed by atoms with Gasteiger partial charge in [0.15, 0.2) is 0 Å². The third kappa shape index (κ3) is 28.0. The maximum absolute atomic E-state index is 6.11. The lowest BCUT2D eigenvalue weighted by atomic mass is 10.1. The SMILES string of the molecule is CCCCCCCCCCOCN(CCCCCCCCCC)CCCCCCCCCC. The molecule has 0 heterocycles. The zero-order valence-electron chi connectivity index (χ0n) is 23.7. The van der Waals surface area contributed by atoms with E-state index >= 15 is 0 Å². The van der Waals surface area contributed by atoms with E-state index in [1.165, 1.54) is 167 Å². The maximum atomic E-state index is 6.11. The van der Waals surface area contributed by atoms with Gasteiger partial charge in [0.2, 0.25) is 0 Å². The summed E-state index contributed by atoms with van der Waals surface area (Å²) in [5, 5.41) is 0. The number of nitrogens with zero attached hydrogens (tertiary/aromatic N) is 1. The second-order valence-electron chi connectivity index (χ2n) is 10.6.